The second-order valence-corrected chi connectivity index (χ2v) is 4.56. The molecule has 0 aromatic carbocycles. The van der Waals surface area contributed by atoms with Crippen molar-refractivity contribution in [1.29, 1.82) is 0 Å². The van der Waals surface area contributed by atoms with Gasteiger partial charge in [0.1, 0.15) is 0 Å². The molecule has 3 rings (SSSR count). The van der Waals surface area contributed by atoms with Gasteiger partial charge in [-0.05, 0) is 25.7 Å². The minimum atomic E-state index is 0.821. The van der Waals surface area contributed by atoms with Crippen LogP contribution in [0.2, 0.25) is 0 Å². The molecule has 0 aliphatic carbocycles. The summed E-state index contributed by atoms with van der Waals surface area (Å²) in [5, 5.41) is 3.33. The molecular weight excluding hydrogens is 168 g/mol. The lowest BCUT2D eigenvalue weighted by Crippen LogP contribution is -2.27. The summed E-state index contributed by atoms with van der Waals surface area (Å²) in [6.07, 6.45) is 7.49. The number of hydrogen-bond donors (Lipinski definition) is 0. The summed E-state index contributed by atoms with van der Waals surface area (Å²) in [6.45, 7) is 0. The molecule has 2 nitrogen and oxygen atoms in total. The molecule has 2 saturated heterocycles. The van der Waals surface area contributed by atoms with Gasteiger partial charge in [0.05, 0.1) is 0 Å². The van der Waals surface area contributed by atoms with Crippen LogP contribution < -0.4 is 4.90 Å². The molecule has 64 valence electrons. The van der Waals surface area contributed by atoms with E-state index in [0.717, 1.165) is 12.1 Å². The maximum Gasteiger partial charge on any atom is 0.185 e. The zero-order valence-electron chi connectivity index (χ0n) is 6.94. The van der Waals surface area contributed by atoms with Crippen molar-refractivity contribution in [3.05, 3.63) is 11.6 Å². The van der Waals surface area contributed by atoms with Crippen molar-refractivity contribution >= 4 is 16.5 Å². The number of thiazole rings is 1. The van der Waals surface area contributed by atoms with E-state index in [1.807, 2.05) is 6.20 Å². The Balaban J connectivity index is 1.94. The molecular formula is C9H12N2S. The van der Waals surface area contributed by atoms with Crippen LogP contribution in [0.1, 0.15) is 25.7 Å². The van der Waals surface area contributed by atoms with Crippen LogP contribution in [-0.4, -0.2) is 17.1 Å². The first-order chi connectivity index (χ1) is 5.95. The highest BCUT2D eigenvalue weighted by Crippen LogP contribution is 2.41. The zero-order valence-corrected chi connectivity index (χ0v) is 7.76. The normalized spacial score (nSPS) is 33.2. The predicted octanol–water partition coefficient (Wildman–Crippen LogP) is 2.27. The minimum absolute atomic E-state index is 0.821. The highest BCUT2D eigenvalue weighted by molar-refractivity contribution is 7.13. The number of aromatic nitrogens is 1. The molecule has 1 aromatic heterocycles. The number of anilines is 1. The largest absolute Gasteiger partial charge is 0.342 e. The van der Waals surface area contributed by atoms with Crippen molar-refractivity contribution in [1.82, 2.24) is 4.98 Å². The smallest absolute Gasteiger partial charge is 0.185 e. The molecule has 2 fully saturated rings. The average molecular weight is 180 g/mol. The van der Waals surface area contributed by atoms with Crippen molar-refractivity contribution in [3.63, 3.8) is 0 Å². The summed E-state index contributed by atoms with van der Waals surface area (Å²) in [7, 11) is 0. The van der Waals surface area contributed by atoms with Gasteiger partial charge < -0.3 is 4.90 Å². The summed E-state index contributed by atoms with van der Waals surface area (Å²) >= 11 is 1.78. The van der Waals surface area contributed by atoms with Crippen LogP contribution in [0.4, 0.5) is 5.13 Å². The van der Waals surface area contributed by atoms with Crippen LogP contribution in [-0.2, 0) is 0 Å². The van der Waals surface area contributed by atoms with E-state index in [-0.39, 0.29) is 0 Å². The Morgan fingerprint density at radius 1 is 1.25 bits per heavy atom. The first-order valence-electron chi connectivity index (χ1n) is 4.63. The first-order valence-corrected chi connectivity index (χ1v) is 5.51. The molecule has 2 aliphatic heterocycles. The Morgan fingerprint density at radius 2 is 1.92 bits per heavy atom. The van der Waals surface area contributed by atoms with Crippen LogP contribution in [0, 0.1) is 0 Å². The van der Waals surface area contributed by atoms with Crippen molar-refractivity contribution in [3.8, 4) is 0 Å². The lowest BCUT2D eigenvalue weighted by molar-refractivity contribution is 0.576. The summed E-state index contributed by atoms with van der Waals surface area (Å²) in [4.78, 5) is 6.93. The second-order valence-electron chi connectivity index (χ2n) is 3.68. The van der Waals surface area contributed by atoms with Crippen LogP contribution in [0.3, 0.4) is 0 Å². The number of fused-ring (bicyclic) bond motifs is 2. The second kappa shape index (κ2) is 2.46. The zero-order chi connectivity index (χ0) is 7.97. The average Bonchev–Trinajstić information content (AvgIpc) is 2.78. The standard InChI is InChI=1S/C9H12N2S/c1-2-8-4-3-7(1)11(8)9-10-5-6-12-9/h5-8H,1-4H2. The summed E-state index contributed by atoms with van der Waals surface area (Å²) in [5.41, 5.74) is 0. The van der Waals surface area contributed by atoms with Gasteiger partial charge in [0.15, 0.2) is 5.13 Å². The molecule has 0 radical (unpaired) electrons. The summed E-state index contributed by atoms with van der Waals surface area (Å²) in [5.74, 6) is 0. The quantitative estimate of drug-likeness (QED) is 0.659. The predicted molar refractivity (Wildman–Crippen MR) is 50.6 cm³/mol. The van der Waals surface area contributed by atoms with Gasteiger partial charge >= 0.3 is 0 Å². The summed E-state index contributed by atoms with van der Waals surface area (Å²) in [6, 6.07) is 1.64. The van der Waals surface area contributed by atoms with Gasteiger partial charge in [-0.2, -0.15) is 0 Å². The van der Waals surface area contributed by atoms with E-state index in [0.29, 0.717) is 0 Å². The molecule has 0 N–H and O–H groups in total. The van der Waals surface area contributed by atoms with Crippen molar-refractivity contribution in [2.24, 2.45) is 0 Å². The molecule has 2 aliphatic rings. The number of hydrogen-bond acceptors (Lipinski definition) is 3. The van der Waals surface area contributed by atoms with Crippen LogP contribution in [0.5, 0.6) is 0 Å². The van der Waals surface area contributed by atoms with Crippen LogP contribution in [0.25, 0.3) is 0 Å². The Hall–Kier alpha value is -0.570. The molecule has 0 unspecified atom stereocenters. The fourth-order valence-corrected chi connectivity index (χ4v) is 3.35. The highest BCUT2D eigenvalue weighted by Gasteiger charge is 2.40. The van der Waals surface area contributed by atoms with Gasteiger partial charge in [0.2, 0.25) is 0 Å². The summed E-state index contributed by atoms with van der Waals surface area (Å²) < 4.78 is 0. The fourth-order valence-electron chi connectivity index (χ4n) is 2.57. The highest BCUT2D eigenvalue weighted by atomic mass is 32.1. The minimum Gasteiger partial charge on any atom is -0.342 e. The van der Waals surface area contributed by atoms with Gasteiger partial charge in [-0.15, -0.1) is 11.3 Å². The molecule has 3 heteroatoms. The van der Waals surface area contributed by atoms with E-state index in [9.17, 15) is 0 Å². The Kier molecular flexibility index (Phi) is 1.41. The third-order valence-corrected chi connectivity index (χ3v) is 3.88. The van der Waals surface area contributed by atoms with Crippen LogP contribution in [0.15, 0.2) is 11.6 Å². The van der Waals surface area contributed by atoms with Crippen LogP contribution >= 0.6 is 11.3 Å². The lowest BCUT2D eigenvalue weighted by Gasteiger charge is -2.20. The lowest BCUT2D eigenvalue weighted by atomic mass is 10.0. The third kappa shape index (κ3) is 0.829. The van der Waals surface area contributed by atoms with Crippen molar-refractivity contribution in [2.75, 3.05) is 4.90 Å². The van der Waals surface area contributed by atoms with Gasteiger partial charge in [-0.3, -0.25) is 0 Å². The molecule has 0 atom stereocenters. The van der Waals surface area contributed by atoms with E-state index in [4.69, 9.17) is 0 Å². The molecule has 0 spiro atoms. The van der Waals surface area contributed by atoms with Gasteiger partial charge in [0, 0.05) is 23.7 Å². The number of rotatable bonds is 1. The van der Waals surface area contributed by atoms with Gasteiger partial charge in [0.25, 0.3) is 0 Å². The van der Waals surface area contributed by atoms with E-state index in [1.165, 1.54) is 30.8 Å². The monoisotopic (exact) mass is 180 g/mol. The fraction of sp³-hybridized carbons (Fsp3) is 0.667. The topological polar surface area (TPSA) is 16.1 Å². The Bertz CT molecular complexity index is 250. The van der Waals surface area contributed by atoms with E-state index < -0.39 is 0 Å². The molecule has 1 aromatic rings. The molecule has 3 heterocycles. The Labute approximate surface area is 76.2 Å². The molecule has 0 saturated carbocycles. The molecule has 2 bridgehead atoms. The maximum absolute atomic E-state index is 4.38. The Morgan fingerprint density at radius 3 is 2.42 bits per heavy atom. The SMILES string of the molecule is c1csc(N2C3CCC2CC3)n1. The van der Waals surface area contributed by atoms with Gasteiger partial charge in [-0.25, -0.2) is 4.98 Å². The molecule has 0 amide bonds. The van der Waals surface area contributed by atoms with E-state index in [2.05, 4.69) is 15.3 Å². The number of nitrogens with zero attached hydrogens (tertiary/aromatic N) is 2. The van der Waals surface area contributed by atoms with Crippen molar-refractivity contribution in [2.45, 2.75) is 37.8 Å². The van der Waals surface area contributed by atoms with Gasteiger partial charge in [-0.1, -0.05) is 0 Å². The molecule has 12 heavy (non-hydrogen) atoms. The van der Waals surface area contributed by atoms with E-state index >= 15 is 0 Å². The maximum atomic E-state index is 4.38. The van der Waals surface area contributed by atoms with E-state index in [1.54, 1.807) is 11.3 Å². The third-order valence-electron chi connectivity index (χ3n) is 3.09. The first kappa shape index (κ1) is 6.89. The van der Waals surface area contributed by atoms with Crippen molar-refractivity contribution < 1.29 is 0 Å².